The topological polar surface area (TPSA) is 18.5 Å². The standard InChI is InChI=1S/C33H30O2P.ClH/c1-34-32-23-22-28(24-33(32)35-25-27-14-6-2-7-15-27)26-36(29-16-8-3-9-17-29,30-18-10-4-11-19-30)31-20-12-5-13-21-31;/h2-24H,25-26H2,1H3;1H/q+1;/p-1. The molecule has 0 fully saturated rings. The van der Waals surface area contributed by atoms with Gasteiger partial charge in [0.15, 0.2) is 11.5 Å². The maximum absolute atomic E-state index is 6.27. The SMILES string of the molecule is COc1ccc(C[P+](c2ccccc2)(c2ccccc2)c2ccccc2)cc1OCc1ccccc1.[Cl-]. The Bertz CT molecular complexity index is 1280. The molecule has 0 aliphatic heterocycles. The number of ether oxygens (including phenoxy) is 2. The van der Waals surface area contributed by atoms with Gasteiger partial charge in [0.05, 0.1) is 13.3 Å². The van der Waals surface area contributed by atoms with Crippen LogP contribution < -0.4 is 37.8 Å². The van der Waals surface area contributed by atoms with Crippen LogP contribution in [0.5, 0.6) is 11.5 Å². The molecule has 5 rings (SSSR count). The molecular formula is C33H30ClO2P. The summed E-state index contributed by atoms with van der Waals surface area (Å²) in [6.45, 7) is 0.497. The molecule has 37 heavy (non-hydrogen) atoms. The van der Waals surface area contributed by atoms with E-state index in [9.17, 15) is 0 Å². The summed E-state index contributed by atoms with van der Waals surface area (Å²) in [5, 5.41) is 4.10. The van der Waals surface area contributed by atoms with E-state index in [4.69, 9.17) is 9.47 Å². The molecule has 2 nitrogen and oxygen atoms in total. The molecule has 0 aromatic heterocycles. The van der Waals surface area contributed by atoms with E-state index in [-0.39, 0.29) is 12.4 Å². The van der Waals surface area contributed by atoms with Crippen LogP contribution in [0.3, 0.4) is 0 Å². The van der Waals surface area contributed by atoms with Crippen molar-refractivity contribution in [2.75, 3.05) is 7.11 Å². The smallest absolute Gasteiger partial charge is 0.162 e. The third-order valence-electron chi connectivity index (χ3n) is 6.48. The molecule has 4 heteroatoms. The molecule has 0 N–H and O–H groups in total. The second-order valence-electron chi connectivity index (χ2n) is 8.73. The van der Waals surface area contributed by atoms with Gasteiger partial charge < -0.3 is 21.9 Å². The molecule has 0 saturated heterocycles. The molecular weight excluding hydrogens is 495 g/mol. The van der Waals surface area contributed by atoms with Crippen LogP contribution in [0.15, 0.2) is 140 Å². The minimum atomic E-state index is -1.99. The van der Waals surface area contributed by atoms with E-state index < -0.39 is 7.26 Å². The van der Waals surface area contributed by atoms with E-state index in [0.717, 1.165) is 23.2 Å². The van der Waals surface area contributed by atoms with Crippen molar-refractivity contribution >= 4 is 23.2 Å². The summed E-state index contributed by atoms with van der Waals surface area (Å²) in [7, 11) is -0.298. The summed E-state index contributed by atoms with van der Waals surface area (Å²) in [5.41, 5.74) is 2.36. The highest BCUT2D eigenvalue weighted by atomic mass is 35.5. The van der Waals surface area contributed by atoms with E-state index in [1.165, 1.54) is 21.5 Å². The van der Waals surface area contributed by atoms with Crippen molar-refractivity contribution in [1.29, 1.82) is 0 Å². The van der Waals surface area contributed by atoms with Gasteiger partial charge in [-0.2, -0.15) is 0 Å². The number of halogens is 1. The molecule has 0 atom stereocenters. The quantitative estimate of drug-likeness (QED) is 0.273. The van der Waals surface area contributed by atoms with E-state index in [1.54, 1.807) is 7.11 Å². The molecule has 0 saturated carbocycles. The highest BCUT2D eigenvalue weighted by Crippen LogP contribution is 2.58. The summed E-state index contributed by atoms with van der Waals surface area (Å²) in [5.74, 6) is 1.52. The fraction of sp³-hybridized carbons (Fsp3) is 0.0909. The molecule has 0 aliphatic rings. The van der Waals surface area contributed by atoms with Crippen LogP contribution in [0.1, 0.15) is 11.1 Å². The van der Waals surface area contributed by atoms with E-state index in [0.29, 0.717) is 6.61 Å². The highest BCUT2D eigenvalue weighted by molar-refractivity contribution is 7.95. The maximum Gasteiger partial charge on any atom is 0.162 e. The maximum atomic E-state index is 6.27. The van der Waals surface area contributed by atoms with Crippen LogP contribution in [0.25, 0.3) is 0 Å². The Balaban J connectivity index is 0.00000320. The zero-order chi connectivity index (χ0) is 24.6. The lowest BCUT2D eigenvalue weighted by atomic mass is 10.2. The minimum absolute atomic E-state index is 0. The van der Waals surface area contributed by atoms with Gasteiger partial charge in [0.25, 0.3) is 0 Å². The van der Waals surface area contributed by atoms with Crippen LogP contribution in [-0.4, -0.2) is 7.11 Å². The van der Waals surface area contributed by atoms with Crippen LogP contribution in [0, 0.1) is 0 Å². The lowest BCUT2D eigenvalue weighted by molar-refractivity contribution is -0.00000759. The van der Waals surface area contributed by atoms with Crippen molar-refractivity contribution in [3.8, 4) is 11.5 Å². The minimum Gasteiger partial charge on any atom is -1.00 e. The van der Waals surface area contributed by atoms with Gasteiger partial charge in [-0.15, -0.1) is 0 Å². The predicted molar refractivity (Wildman–Crippen MR) is 153 cm³/mol. The third kappa shape index (κ3) is 5.88. The number of hydrogen-bond donors (Lipinski definition) is 0. The zero-order valence-corrected chi connectivity index (χ0v) is 22.5. The van der Waals surface area contributed by atoms with Crippen molar-refractivity contribution in [2.45, 2.75) is 12.8 Å². The molecule has 0 bridgehead atoms. The Labute approximate surface area is 226 Å². The molecule has 186 valence electrons. The van der Waals surface area contributed by atoms with Gasteiger partial charge >= 0.3 is 0 Å². The first-order valence-corrected chi connectivity index (χ1v) is 14.2. The summed E-state index contributed by atoms with van der Waals surface area (Å²) in [4.78, 5) is 0. The second kappa shape index (κ2) is 12.6. The second-order valence-corrected chi connectivity index (χ2v) is 12.2. The first kappa shape index (κ1) is 26.5. The summed E-state index contributed by atoms with van der Waals surface area (Å²) >= 11 is 0. The highest BCUT2D eigenvalue weighted by Gasteiger charge is 2.45. The van der Waals surface area contributed by atoms with Crippen LogP contribution in [0.4, 0.5) is 0 Å². The Morgan fingerprint density at radius 3 is 1.43 bits per heavy atom. The first-order valence-electron chi connectivity index (χ1n) is 12.2. The van der Waals surface area contributed by atoms with Crippen LogP contribution in [-0.2, 0) is 12.8 Å². The third-order valence-corrected chi connectivity index (χ3v) is 10.9. The monoisotopic (exact) mass is 524 g/mol. The predicted octanol–water partition coefficient (Wildman–Crippen LogP) is 3.77. The van der Waals surface area contributed by atoms with Crippen molar-refractivity contribution < 1.29 is 21.9 Å². The Hall–Kier alpha value is -3.58. The Morgan fingerprint density at radius 1 is 0.514 bits per heavy atom. The Morgan fingerprint density at radius 2 is 0.973 bits per heavy atom. The van der Waals surface area contributed by atoms with E-state index in [2.05, 4.69) is 115 Å². The summed E-state index contributed by atoms with van der Waals surface area (Å²) in [6.07, 6.45) is 0.886. The molecule has 0 amide bonds. The number of rotatable bonds is 9. The fourth-order valence-corrected chi connectivity index (χ4v) is 8.94. The van der Waals surface area contributed by atoms with Gasteiger partial charge in [-0.25, -0.2) is 0 Å². The molecule has 0 radical (unpaired) electrons. The van der Waals surface area contributed by atoms with E-state index >= 15 is 0 Å². The van der Waals surface area contributed by atoms with E-state index in [1.807, 2.05) is 24.3 Å². The molecule has 0 heterocycles. The lowest BCUT2D eigenvalue weighted by Crippen LogP contribution is -3.00. The first-order chi connectivity index (χ1) is 17.8. The summed E-state index contributed by atoms with van der Waals surface area (Å²) in [6, 6.07) is 49.5. The number of methoxy groups -OCH3 is 1. The van der Waals surface area contributed by atoms with Crippen molar-refractivity contribution in [2.24, 2.45) is 0 Å². The average molecular weight is 525 g/mol. The van der Waals surface area contributed by atoms with Crippen molar-refractivity contribution in [3.05, 3.63) is 151 Å². The van der Waals surface area contributed by atoms with Gasteiger partial charge in [0.1, 0.15) is 29.8 Å². The number of hydrogen-bond acceptors (Lipinski definition) is 2. The summed E-state index contributed by atoms with van der Waals surface area (Å²) < 4.78 is 11.9. The van der Waals surface area contributed by atoms with Crippen molar-refractivity contribution in [3.63, 3.8) is 0 Å². The molecule has 0 aliphatic carbocycles. The van der Waals surface area contributed by atoms with Gasteiger partial charge in [-0.05, 0) is 59.7 Å². The van der Waals surface area contributed by atoms with Crippen molar-refractivity contribution in [1.82, 2.24) is 0 Å². The molecule has 5 aromatic carbocycles. The van der Waals surface area contributed by atoms with Gasteiger partial charge in [0.2, 0.25) is 0 Å². The lowest BCUT2D eigenvalue weighted by Gasteiger charge is -2.28. The van der Waals surface area contributed by atoms with Gasteiger partial charge in [-0.1, -0.05) is 91.0 Å². The number of benzene rings is 5. The average Bonchev–Trinajstić information content (AvgIpc) is 2.97. The van der Waals surface area contributed by atoms with Gasteiger partial charge in [-0.3, -0.25) is 0 Å². The van der Waals surface area contributed by atoms with Crippen LogP contribution >= 0.6 is 7.26 Å². The molecule has 0 spiro atoms. The molecule has 0 unspecified atom stereocenters. The normalized spacial score (nSPS) is 10.8. The largest absolute Gasteiger partial charge is 1.00 e. The molecule has 5 aromatic rings. The fourth-order valence-electron chi connectivity index (χ4n) is 4.71. The van der Waals surface area contributed by atoms with Gasteiger partial charge in [0, 0.05) is 0 Å². The Kier molecular flexibility index (Phi) is 9.01. The zero-order valence-electron chi connectivity index (χ0n) is 20.8. The van der Waals surface area contributed by atoms with Crippen LogP contribution in [0.2, 0.25) is 0 Å².